The first-order valence-electron chi connectivity index (χ1n) is 7.17. The van der Waals surface area contributed by atoms with Crippen molar-refractivity contribution in [3.8, 4) is 0 Å². The number of hydrogen-bond acceptors (Lipinski definition) is 2. The zero-order valence-electron chi connectivity index (χ0n) is 11.2. The number of piperidine rings is 1. The van der Waals surface area contributed by atoms with Crippen LogP contribution < -0.4 is 5.32 Å². The molecule has 3 rings (SSSR count). The van der Waals surface area contributed by atoms with Crippen LogP contribution in [0.4, 0.5) is 0 Å². The summed E-state index contributed by atoms with van der Waals surface area (Å²) >= 11 is 0. The highest BCUT2D eigenvalue weighted by Crippen LogP contribution is 2.38. The average molecular weight is 245 g/mol. The fourth-order valence-electron chi connectivity index (χ4n) is 3.30. The first-order chi connectivity index (χ1) is 8.78. The molecule has 18 heavy (non-hydrogen) atoms. The molecular weight excluding hydrogens is 222 g/mol. The van der Waals surface area contributed by atoms with Crippen LogP contribution in [-0.4, -0.2) is 25.8 Å². The van der Waals surface area contributed by atoms with E-state index in [1.165, 1.54) is 43.4 Å². The molecule has 1 atom stereocenters. The molecule has 1 unspecified atom stereocenters. The van der Waals surface area contributed by atoms with Crippen LogP contribution in [0.5, 0.6) is 0 Å². The lowest BCUT2D eigenvalue weighted by Gasteiger charge is -2.45. The van der Waals surface area contributed by atoms with E-state index in [4.69, 9.17) is 4.74 Å². The molecule has 0 saturated carbocycles. The molecule has 2 heterocycles. The predicted octanol–water partition coefficient (Wildman–Crippen LogP) is 2.80. The molecular formula is C16H23NO. The van der Waals surface area contributed by atoms with Gasteiger partial charge in [0.15, 0.2) is 0 Å². The Kier molecular flexibility index (Phi) is 3.40. The highest BCUT2D eigenvalue weighted by Gasteiger charge is 2.42. The van der Waals surface area contributed by atoms with Crippen molar-refractivity contribution in [1.29, 1.82) is 0 Å². The Labute approximate surface area is 110 Å². The van der Waals surface area contributed by atoms with Crippen LogP contribution in [0.2, 0.25) is 0 Å². The lowest BCUT2D eigenvalue weighted by Crippen LogP contribution is -2.51. The van der Waals surface area contributed by atoms with Gasteiger partial charge in [0.1, 0.15) is 0 Å². The van der Waals surface area contributed by atoms with Gasteiger partial charge in [-0.3, -0.25) is 0 Å². The van der Waals surface area contributed by atoms with Crippen molar-refractivity contribution in [2.24, 2.45) is 0 Å². The highest BCUT2D eigenvalue weighted by atomic mass is 16.5. The lowest BCUT2D eigenvalue weighted by atomic mass is 9.72. The zero-order chi connectivity index (χ0) is 12.4. The van der Waals surface area contributed by atoms with Gasteiger partial charge in [-0.2, -0.15) is 0 Å². The molecule has 2 fully saturated rings. The first kappa shape index (κ1) is 12.2. The van der Waals surface area contributed by atoms with E-state index in [1.54, 1.807) is 0 Å². The summed E-state index contributed by atoms with van der Waals surface area (Å²) in [6.45, 7) is 5.16. The number of nitrogens with one attached hydrogen (secondary N) is 1. The second-order valence-electron chi connectivity index (χ2n) is 5.99. The summed E-state index contributed by atoms with van der Waals surface area (Å²) in [6, 6.07) is 9.65. The number of hydrogen-bond donors (Lipinski definition) is 1. The van der Waals surface area contributed by atoms with E-state index in [-0.39, 0.29) is 5.41 Å². The molecule has 0 radical (unpaired) electrons. The third kappa shape index (κ3) is 2.32. The Morgan fingerprint density at radius 2 is 2.22 bits per heavy atom. The summed E-state index contributed by atoms with van der Waals surface area (Å²) in [5.41, 5.74) is 3.11. The Bertz CT molecular complexity index is 405. The van der Waals surface area contributed by atoms with Gasteiger partial charge in [-0.25, -0.2) is 0 Å². The van der Waals surface area contributed by atoms with E-state index >= 15 is 0 Å². The molecule has 1 N–H and O–H groups in total. The third-order valence-corrected chi connectivity index (χ3v) is 4.44. The molecule has 98 valence electrons. The first-order valence-corrected chi connectivity index (χ1v) is 7.17. The molecule has 0 aromatic heterocycles. The maximum atomic E-state index is 5.55. The maximum Gasteiger partial charge on any atom is 0.0586 e. The van der Waals surface area contributed by atoms with Crippen LogP contribution in [0.15, 0.2) is 24.3 Å². The number of ether oxygens (including phenoxy) is 1. The highest BCUT2D eigenvalue weighted by molar-refractivity contribution is 5.32. The summed E-state index contributed by atoms with van der Waals surface area (Å²) < 4.78 is 5.55. The lowest BCUT2D eigenvalue weighted by molar-refractivity contribution is -0.0696. The normalized spacial score (nSPS) is 26.6. The molecule has 0 spiro atoms. The molecule has 1 aromatic carbocycles. The minimum Gasteiger partial charge on any atom is -0.379 e. The second kappa shape index (κ2) is 5.02. The van der Waals surface area contributed by atoms with Gasteiger partial charge in [0.25, 0.3) is 0 Å². The van der Waals surface area contributed by atoms with Crippen molar-refractivity contribution in [3.05, 3.63) is 35.4 Å². The van der Waals surface area contributed by atoms with Crippen LogP contribution in [0.25, 0.3) is 0 Å². The Hall–Kier alpha value is -0.860. The maximum absolute atomic E-state index is 5.55. The molecule has 0 bridgehead atoms. The van der Waals surface area contributed by atoms with Gasteiger partial charge in [-0.05, 0) is 38.3 Å². The molecule has 2 aliphatic heterocycles. The molecule has 0 aliphatic carbocycles. The molecule has 2 aliphatic rings. The zero-order valence-corrected chi connectivity index (χ0v) is 11.2. The molecule has 2 heteroatoms. The van der Waals surface area contributed by atoms with Crippen molar-refractivity contribution in [2.75, 3.05) is 19.8 Å². The van der Waals surface area contributed by atoms with E-state index < -0.39 is 0 Å². The van der Waals surface area contributed by atoms with Crippen molar-refractivity contribution < 1.29 is 4.74 Å². The summed E-state index contributed by atoms with van der Waals surface area (Å²) in [5, 5.41) is 3.67. The fraction of sp³-hybridized carbons (Fsp3) is 0.625. The number of aryl methyl sites for hydroxylation is 1. The van der Waals surface area contributed by atoms with E-state index in [9.17, 15) is 0 Å². The Balaban J connectivity index is 1.77. The van der Waals surface area contributed by atoms with Crippen molar-refractivity contribution in [2.45, 2.75) is 44.1 Å². The van der Waals surface area contributed by atoms with E-state index in [1.807, 2.05) is 0 Å². The van der Waals surface area contributed by atoms with Crippen LogP contribution in [-0.2, 0) is 10.2 Å². The van der Waals surface area contributed by atoms with Gasteiger partial charge >= 0.3 is 0 Å². The smallest absolute Gasteiger partial charge is 0.0586 e. The van der Waals surface area contributed by atoms with Crippen LogP contribution in [0, 0.1) is 6.92 Å². The number of benzene rings is 1. The largest absolute Gasteiger partial charge is 0.379 e. The topological polar surface area (TPSA) is 21.3 Å². The van der Waals surface area contributed by atoms with Crippen molar-refractivity contribution >= 4 is 0 Å². The van der Waals surface area contributed by atoms with Gasteiger partial charge < -0.3 is 10.1 Å². The van der Waals surface area contributed by atoms with Gasteiger partial charge in [0.2, 0.25) is 0 Å². The predicted molar refractivity (Wildman–Crippen MR) is 73.9 cm³/mol. The molecule has 2 saturated heterocycles. The number of rotatable bonds is 3. The summed E-state index contributed by atoms with van der Waals surface area (Å²) in [4.78, 5) is 0. The monoisotopic (exact) mass is 245 g/mol. The van der Waals surface area contributed by atoms with Crippen LogP contribution >= 0.6 is 0 Å². The van der Waals surface area contributed by atoms with Crippen molar-refractivity contribution in [3.63, 3.8) is 0 Å². The van der Waals surface area contributed by atoms with Crippen LogP contribution in [0.1, 0.15) is 36.8 Å². The molecule has 2 nitrogen and oxygen atoms in total. The van der Waals surface area contributed by atoms with Crippen molar-refractivity contribution in [1.82, 2.24) is 5.32 Å². The quantitative estimate of drug-likeness (QED) is 0.884. The van der Waals surface area contributed by atoms with E-state index in [2.05, 4.69) is 36.5 Å². The van der Waals surface area contributed by atoms with Crippen LogP contribution in [0.3, 0.4) is 0 Å². The summed E-state index contributed by atoms with van der Waals surface area (Å²) in [6.07, 6.45) is 5.27. The molecule has 1 aromatic rings. The SMILES string of the molecule is Cc1cccc(C2(CC3CCCCN3)COC2)c1. The fourth-order valence-corrected chi connectivity index (χ4v) is 3.30. The average Bonchev–Trinajstić information content (AvgIpc) is 2.35. The van der Waals surface area contributed by atoms with Gasteiger partial charge in [-0.15, -0.1) is 0 Å². The Morgan fingerprint density at radius 1 is 1.33 bits per heavy atom. The summed E-state index contributed by atoms with van der Waals surface area (Å²) in [7, 11) is 0. The summed E-state index contributed by atoms with van der Waals surface area (Å²) in [5.74, 6) is 0. The van der Waals surface area contributed by atoms with Gasteiger partial charge in [0, 0.05) is 11.5 Å². The molecule has 0 amide bonds. The standard InChI is InChI=1S/C16H23NO/c1-13-5-4-6-14(9-13)16(11-18-12-16)10-15-7-2-3-8-17-15/h4-6,9,15,17H,2-3,7-8,10-12H2,1H3. The third-order valence-electron chi connectivity index (χ3n) is 4.44. The van der Waals surface area contributed by atoms with E-state index in [0.717, 1.165) is 13.2 Å². The Morgan fingerprint density at radius 3 is 2.83 bits per heavy atom. The minimum atomic E-state index is 0.279. The second-order valence-corrected chi connectivity index (χ2v) is 5.99. The van der Waals surface area contributed by atoms with E-state index in [0.29, 0.717) is 6.04 Å². The minimum absolute atomic E-state index is 0.279. The van der Waals surface area contributed by atoms with Gasteiger partial charge in [-0.1, -0.05) is 36.2 Å². The van der Waals surface area contributed by atoms with Gasteiger partial charge in [0.05, 0.1) is 13.2 Å².